The third-order valence-electron chi connectivity index (χ3n) is 0.366. The van der Waals surface area contributed by atoms with Gasteiger partial charge in [0.2, 0.25) is 0 Å². The summed E-state index contributed by atoms with van der Waals surface area (Å²) in [6.45, 7) is 0.146. The molecule has 0 rings (SSSR count). The molecule has 0 spiro atoms. The van der Waals surface area contributed by atoms with E-state index in [0.717, 1.165) is 6.61 Å². The molecule has 0 atom stereocenters. The van der Waals surface area contributed by atoms with E-state index < -0.39 is 6.61 Å². The summed E-state index contributed by atoms with van der Waals surface area (Å²) in [4.78, 5) is 0. The molecule has 0 heterocycles. The fourth-order valence-corrected chi connectivity index (χ4v) is 0.169. The average Bonchev–Trinajstić information content (AvgIpc) is 1.61. The smallest absolute Gasteiger partial charge is 0.317 e. The fraction of sp³-hybridized carbons (Fsp3) is 0.750. The fourth-order valence-electron chi connectivity index (χ4n) is 0.169. The van der Waals surface area contributed by atoms with E-state index in [0.29, 0.717) is 6.42 Å². The molecule has 0 bridgehead atoms. The van der Waals surface area contributed by atoms with Crippen molar-refractivity contribution >= 4 is 0 Å². The van der Waals surface area contributed by atoms with Crippen LogP contribution in [0.1, 0.15) is 13.3 Å². The summed E-state index contributed by atoms with van der Waals surface area (Å²) < 4.78 is 25.7. The van der Waals surface area contributed by atoms with Crippen LogP contribution in [-0.4, -0.2) is 6.61 Å². The molecule has 0 aromatic rings. The highest BCUT2D eigenvalue weighted by Gasteiger charge is 1.97. The van der Waals surface area contributed by atoms with Crippen molar-refractivity contribution in [1.82, 2.24) is 0 Å². The predicted molar refractivity (Wildman–Crippen MR) is 21.7 cm³/mol. The third kappa shape index (κ3) is 5.82. The number of ether oxygens (including phenoxy) is 1. The summed E-state index contributed by atoms with van der Waals surface area (Å²) >= 11 is 0. The minimum absolute atomic E-state index is 0.518. The highest BCUT2D eigenvalue weighted by Crippen LogP contribution is 1.97. The number of halogens is 2. The maximum atomic E-state index is 11.0. The van der Waals surface area contributed by atoms with Gasteiger partial charge in [0, 0.05) is 0 Å². The van der Waals surface area contributed by atoms with E-state index in [-0.39, 0.29) is 0 Å². The first-order valence-corrected chi connectivity index (χ1v) is 2.02. The second-order valence-corrected chi connectivity index (χ2v) is 0.972. The van der Waals surface area contributed by atoms with E-state index in [9.17, 15) is 8.78 Å². The van der Waals surface area contributed by atoms with Crippen LogP contribution in [0.25, 0.3) is 0 Å². The minimum Gasteiger partial charge on any atom is -0.317 e. The van der Waals surface area contributed by atoms with Crippen molar-refractivity contribution in [3.8, 4) is 0 Å². The average molecular weight is 109 g/mol. The van der Waals surface area contributed by atoms with Gasteiger partial charge in [-0.25, -0.2) is 0 Å². The first-order valence-electron chi connectivity index (χ1n) is 2.02. The zero-order chi connectivity index (χ0) is 5.70. The lowest BCUT2D eigenvalue weighted by Crippen LogP contribution is -1.93. The summed E-state index contributed by atoms with van der Waals surface area (Å²) in [5.41, 5.74) is 0. The van der Waals surface area contributed by atoms with Gasteiger partial charge in [-0.1, -0.05) is 6.92 Å². The third-order valence-corrected chi connectivity index (χ3v) is 0.366. The summed E-state index contributed by atoms with van der Waals surface area (Å²) in [5, 5.41) is 0. The molecule has 0 amide bonds. The molecule has 1 nitrogen and oxygen atoms in total. The second kappa shape index (κ2) is 3.99. The molecule has 0 aliphatic heterocycles. The molecule has 0 saturated heterocycles. The Balaban J connectivity index is 2.68. The van der Waals surface area contributed by atoms with E-state index in [1.54, 1.807) is 6.92 Å². The molecule has 1 radical (unpaired) electrons. The monoisotopic (exact) mass is 109 g/mol. The van der Waals surface area contributed by atoms with E-state index in [4.69, 9.17) is 0 Å². The van der Waals surface area contributed by atoms with Crippen molar-refractivity contribution in [2.75, 3.05) is 0 Å². The maximum Gasteiger partial charge on any atom is 0.345 e. The summed E-state index contributed by atoms with van der Waals surface area (Å²) in [6.07, 6.45) is 0.518. The Morgan fingerprint density at radius 2 is 2.29 bits per heavy atom. The Bertz CT molecular complexity index is 38.7. The molecule has 0 aromatic heterocycles. The van der Waals surface area contributed by atoms with Crippen molar-refractivity contribution in [3.05, 3.63) is 6.61 Å². The molecular formula is C4H7F2O. The van der Waals surface area contributed by atoms with Crippen LogP contribution < -0.4 is 0 Å². The summed E-state index contributed by atoms with van der Waals surface area (Å²) in [5.74, 6) is 0. The zero-order valence-electron chi connectivity index (χ0n) is 4.03. The van der Waals surface area contributed by atoms with Crippen LogP contribution in [0.15, 0.2) is 0 Å². The molecule has 0 saturated carbocycles. The molecule has 43 valence electrons. The van der Waals surface area contributed by atoms with Crippen molar-refractivity contribution in [3.63, 3.8) is 0 Å². The molecular weight excluding hydrogens is 102 g/mol. The molecule has 7 heavy (non-hydrogen) atoms. The highest BCUT2D eigenvalue weighted by atomic mass is 19.3. The van der Waals surface area contributed by atoms with Gasteiger partial charge in [-0.3, -0.25) is 0 Å². The van der Waals surface area contributed by atoms with Crippen LogP contribution in [0.4, 0.5) is 8.78 Å². The SMILES string of the molecule is CC[CH]OC(F)F. The lowest BCUT2D eigenvalue weighted by molar-refractivity contribution is -0.103. The largest absolute Gasteiger partial charge is 0.345 e. The number of alkyl halides is 2. The summed E-state index contributed by atoms with van der Waals surface area (Å²) in [7, 11) is 0. The molecule has 0 fully saturated rings. The lowest BCUT2D eigenvalue weighted by atomic mass is 10.5. The topological polar surface area (TPSA) is 9.23 Å². The van der Waals surface area contributed by atoms with Gasteiger partial charge in [-0.05, 0) is 6.42 Å². The number of hydrogen-bond acceptors (Lipinski definition) is 1. The van der Waals surface area contributed by atoms with Crippen molar-refractivity contribution in [1.29, 1.82) is 0 Å². The van der Waals surface area contributed by atoms with Crippen LogP contribution in [0.2, 0.25) is 0 Å². The van der Waals surface area contributed by atoms with E-state index >= 15 is 0 Å². The van der Waals surface area contributed by atoms with Crippen LogP contribution in [-0.2, 0) is 4.74 Å². The minimum atomic E-state index is -2.65. The van der Waals surface area contributed by atoms with Crippen LogP contribution >= 0.6 is 0 Å². The van der Waals surface area contributed by atoms with Gasteiger partial charge in [0.05, 0.1) is 6.61 Å². The molecule has 3 heteroatoms. The quantitative estimate of drug-likeness (QED) is 0.537. The maximum absolute atomic E-state index is 11.0. The normalized spacial score (nSPS) is 10.3. The van der Waals surface area contributed by atoms with E-state index in [1.807, 2.05) is 0 Å². The Kier molecular flexibility index (Phi) is 3.89. The second-order valence-electron chi connectivity index (χ2n) is 0.972. The van der Waals surface area contributed by atoms with Crippen LogP contribution in [0.5, 0.6) is 0 Å². The summed E-state index contributed by atoms with van der Waals surface area (Å²) in [6, 6.07) is 0. The molecule has 0 aliphatic carbocycles. The first kappa shape index (κ1) is 6.82. The molecule has 0 unspecified atom stereocenters. The van der Waals surface area contributed by atoms with Gasteiger partial charge >= 0.3 is 6.61 Å². The Labute approximate surface area is 41.3 Å². The highest BCUT2D eigenvalue weighted by molar-refractivity contribution is 4.40. The van der Waals surface area contributed by atoms with Gasteiger partial charge in [-0.15, -0.1) is 0 Å². The van der Waals surface area contributed by atoms with Crippen LogP contribution in [0, 0.1) is 6.61 Å². The molecule has 0 aromatic carbocycles. The lowest BCUT2D eigenvalue weighted by Gasteiger charge is -1.94. The van der Waals surface area contributed by atoms with Gasteiger partial charge in [0.1, 0.15) is 0 Å². The molecule has 0 N–H and O–H groups in total. The van der Waals surface area contributed by atoms with Crippen molar-refractivity contribution in [2.24, 2.45) is 0 Å². The molecule has 0 aliphatic rings. The predicted octanol–water partition coefficient (Wildman–Crippen LogP) is 1.80. The van der Waals surface area contributed by atoms with Gasteiger partial charge in [0.15, 0.2) is 0 Å². The van der Waals surface area contributed by atoms with Gasteiger partial charge in [0.25, 0.3) is 0 Å². The first-order chi connectivity index (χ1) is 3.27. The number of hydrogen-bond donors (Lipinski definition) is 0. The van der Waals surface area contributed by atoms with E-state index in [1.165, 1.54) is 0 Å². The van der Waals surface area contributed by atoms with Gasteiger partial charge in [-0.2, -0.15) is 8.78 Å². The van der Waals surface area contributed by atoms with Crippen molar-refractivity contribution in [2.45, 2.75) is 20.0 Å². The van der Waals surface area contributed by atoms with E-state index in [2.05, 4.69) is 4.74 Å². The van der Waals surface area contributed by atoms with Gasteiger partial charge < -0.3 is 4.74 Å². The Morgan fingerprint density at radius 1 is 1.71 bits per heavy atom. The number of rotatable bonds is 3. The zero-order valence-corrected chi connectivity index (χ0v) is 4.03. The Hall–Kier alpha value is -0.180. The van der Waals surface area contributed by atoms with Crippen LogP contribution in [0.3, 0.4) is 0 Å². The Morgan fingerprint density at radius 3 is 2.43 bits per heavy atom. The standard InChI is InChI=1S/C4H7F2O/c1-2-3-7-4(5)6/h3-4H,2H2,1H3. The van der Waals surface area contributed by atoms with Crippen molar-refractivity contribution < 1.29 is 13.5 Å².